The number of benzene rings is 2. The van der Waals surface area contributed by atoms with Gasteiger partial charge >= 0.3 is 0 Å². The third kappa shape index (κ3) is 5.55. The number of amides is 1. The molecule has 1 heterocycles. The van der Waals surface area contributed by atoms with E-state index < -0.39 is 0 Å². The van der Waals surface area contributed by atoms with Gasteiger partial charge in [0.05, 0.1) is 51.0 Å². The van der Waals surface area contributed by atoms with E-state index in [2.05, 4.69) is 15.3 Å². The summed E-state index contributed by atoms with van der Waals surface area (Å²) in [6, 6.07) is 6.68. The van der Waals surface area contributed by atoms with Crippen molar-refractivity contribution < 1.29 is 19.0 Å². The van der Waals surface area contributed by atoms with Crippen LogP contribution in [0.5, 0.6) is 17.2 Å². The molecule has 0 aliphatic rings. The van der Waals surface area contributed by atoms with E-state index in [0.29, 0.717) is 51.2 Å². The number of H-pyrrole nitrogens is 1. The van der Waals surface area contributed by atoms with Crippen LogP contribution >= 0.6 is 11.6 Å². The highest BCUT2D eigenvalue weighted by molar-refractivity contribution is 6.31. The van der Waals surface area contributed by atoms with E-state index in [0.717, 1.165) is 5.56 Å². The lowest BCUT2D eigenvalue weighted by Crippen LogP contribution is -2.34. The van der Waals surface area contributed by atoms with Gasteiger partial charge in [-0.1, -0.05) is 18.5 Å². The second-order valence-corrected chi connectivity index (χ2v) is 7.80. The van der Waals surface area contributed by atoms with Gasteiger partial charge in [-0.15, -0.1) is 0 Å². The molecule has 10 heteroatoms. The van der Waals surface area contributed by atoms with E-state index >= 15 is 0 Å². The summed E-state index contributed by atoms with van der Waals surface area (Å²) in [7, 11) is 4.54. The molecular weight excluding hydrogens is 448 g/mol. The smallest absolute Gasteiger partial charge is 0.258 e. The monoisotopic (exact) mass is 474 g/mol. The van der Waals surface area contributed by atoms with E-state index in [1.807, 2.05) is 18.7 Å². The molecule has 0 unspecified atom stereocenters. The van der Waals surface area contributed by atoms with Crippen molar-refractivity contribution in [2.75, 3.05) is 39.7 Å². The molecule has 0 saturated carbocycles. The Balaban J connectivity index is 1.79. The molecule has 0 atom stereocenters. The highest BCUT2D eigenvalue weighted by Crippen LogP contribution is 2.31. The second kappa shape index (κ2) is 10.5. The van der Waals surface area contributed by atoms with Gasteiger partial charge in [-0.25, -0.2) is 4.98 Å². The van der Waals surface area contributed by atoms with Crippen LogP contribution in [-0.2, 0) is 11.3 Å². The number of likely N-dealkylation sites (N-methyl/N-ethyl adjacent to an activating group) is 1. The zero-order valence-corrected chi connectivity index (χ0v) is 20.0. The molecule has 0 radical (unpaired) electrons. The van der Waals surface area contributed by atoms with Crippen LogP contribution in [0, 0.1) is 6.92 Å². The topological polar surface area (TPSA) is 106 Å². The van der Waals surface area contributed by atoms with Crippen molar-refractivity contribution in [2.24, 2.45) is 0 Å². The Hall–Kier alpha value is -3.30. The van der Waals surface area contributed by atoms with Crippen LogP contribution < -0.4 is 25.1 Å². The average molecular weight is 475 g/mol. The van der Waals surface area contributed by atoms with Gasteiger partial charge in [0, 0.05) is 17.2 Å². The van der Waals surface area contributed by atoms with Crippen LogP contribution in [-0.4, -0.2) is 55.2 Å². The molecule has 0 aliphatic carbocycles. The highest BCUT2D eigenvalue weighted by atomic mass is 35.5. The number of aryl methyl sites for hydroxylation is 1. The summed E-state index contributed by atoms with van der Waals surface area (Å²) in [5, 5.41) is 3.81. The fourth-order valence-corrected chi connectivity index (χ4v) is 3.56. The number of nitrogens with one attached hydrogen (secondary N) is 2. The summed E-state index contributed by atoms with van der Waals surface area (Å²) in [5.41, 5.74) is 1.55. The molecule has 33 heavy (non-hydrogen) atoms. The van der Waals surface area contributed by atoms with E-state index in [-0.39, 0.29) is 24.6 Å². The number of ether oxygens (including phenoxy) is 3. The number of fused-ring (bicyclic) bond motifs is 1. The lowest BCUT2D eigenvalue weighted by atomic mass is 10.2. The third-order valence-electron chi connectivity index (χ3n) is 5.20. The molecule has 1 amide bonds. The van der Waals surface area contributed by atoms with Crippen LogP contribution in [0.4, 0.5) is 5.69 Å². The summed E-state index contributed by atoms with van der Waals surface area (Å²) >= 11 is 6.14. The number of hydrogen-bond donors (Lipinski definition) is 2. The lowest BCUT2D eigenvalue weighted by Gasteiger charge is -2.20. The molecule has 3 rings (SSSR count). The van der Waals surface area contributed by atoms with Gasteiger partial charge in [-0.2, -0.15) is 0 Å². The van der Waals surface area contributed by atoms with Crippen molar-refractivity contribution in [1.29, 1.82) is 0 Å². The first kappa shape index (κ1) is 24.3. The molecule has 0 bridgehead atoms. The number of carbonyl (C=O) groups is 1. The first-order valence-electron chi connectivity index (χ1n) is 10.3. The number of anilines is 1. The predicted octanol–water partition coefficient (Wildman–Crippen LogP) is 3.37. The van der Waals surface area contributed by atoms with Gasteiger partial charge in [-0.05, 0) is 31.2 Å². The number of halogens is 1. The van der Waals surface area contributed by atoms with Crippen LogP contribution in [0.1, 0.15) is 18.3 Å². The number of nitrogens with zero attached hydrogens (tertiary/aromatic N) is 2. The molecule has 176 valence electrons. The summed E-state index contributed by atoms with van der Waals surface area (Å²) in [5.74, 6) is 1.62. The number of methoxy groups -OCH3 is 3. The predicted molar refractivity (Wildman–Crippen MR) is 128 cm³/mol. The van der Waals surface area contributed by atoms with Gasteiger partial charge in [0.15, 0.2) is 11.5 Å². The third-order valence-corrected chi connectivity index (χ3v) is 5.61. The number of aromatic nitrogens is 2. The molecule has 2 N–H and O–H groups in total. The fourth-order valence-electron chi connectivity index (χ4n) is 3.40. The SMILES string of the molecule is CCN(CC(=O)Nc1cc(C)c(Cl)cc1OC)Cc1nc2cc(OC)c(OC)cc2c(=O)[nH]1. The molecule has 0 fully saturated rings. The van der Waals surface area contributed by atoms with Crippen LogP contribution in [0.25, 0.3) is 10.9 Å². The Labute approximate surface area is 196 Å². The maximum absolute atomic E-state index is 12.7. The number of rotatable bonds is 9. The number of aromatic amines is 1. The summed E-state index contributed by atoms with van der Waals surface area (Å²) in [6.07, 6.45) is 0. The maximum Gasteiger partial charge on any atom is 0.258 e. The summed E-state index contributed by atoms with van der Waals surface area (Å²) < 4.78 is 15.9. The van der Waals surface area contributed by atoms with E-state index in [4.69, 9.17) is 25.8 Å². The van der Waals surface area contributed by atoms with Crippen LogP contribution in [0.3, 0.4) is 0 Å². The van der Waals surface area contributed by atoms with E-state index in [1.165, 1.54) is 21.3 Å². The van der Waals surface area contributed by atoms with Gasteiger partial charge < -0.3 is 24.5 Å². The highest BCUT2D eigenvalue weighted by Gasteiger charge is 2.16. The molecular formula is C23H27ClN4O5. The summed E-state index contributed by atoms with van der Waals surface area (Å²) in [4.78, 5) is 34.5. The van der Waals surface area contributed by atoms with Gasteiger partial charge in [-0.3, -0.25) is 14.5 Å². The van der Waals surface area contributed by atoms with Crippen molar-refractivity contribution in [2.45, 2.75) is 20.4 Å². The minimum absolute atomic E-state index is 0.0923. The van der Waals surface area contributed by atoms with Crippen molar-refractivity contribution >= 4 is 34.1 Å². The van der Waals surface area contributed by atoms with Gasteiger partial charge in [0.1, 0.15) is 11.6 Å². The first-order valence-corrected chi connectivity index (χ1v) is 10.7. The Bertz CT molecular complexity index is 1230. The van der Waals surface area contributed by atoms with Crippen molar-refractivity contribution in [3.63, 3.8) is 0 Å². The van der Waals surface area contributed by atoms with E-state index in [9.17, 15) is 9.59 Å². The Kier molecular flexibility index (Phi) is 7.78. The minimum Gasteiger partial charge on any atom is -0.495 e. The molecule has 3 aromatic rings. The normalized spacial score (nSPS) is 11.0. The van der Waals surface area contributed by atoms with Crippen molar-refractivity contribution in [3.05, 3.63) is 51.0 Å². The van der Waals surface area contributed by atoms with Crippen molar-refractivity contribution in [3.8, 4) is 17.2 Å². The fraction of sp³-hybridized carbons (Fsp3) is 0.348. The second-order valence-electron chi connectivity index (χ2n) is 7.39. The molecule has 1 aromatic heterocycles. The molecule has 0 saturated heterocycles. The quantitative estimate of drug-likeness (QED) is 0.489. The number of hydrogen-bond acceptors (Lipinski definition) is 7. The molecule has 0 aliphatic heterocycles. The Morgan fingerprint density at radius 3 is 2.39 bits per heavy atom. The lowest BCUT2D eigenvalue weighted by molar-refractivity contribution is -0.117. The molecule has 9 nitrogen and oxygen atoms in total. The Morgan fingerprint density at radius 1 is 1.09 bits per heavy atom. The Morgan fingerprint density at radius 2 is 1.76 bits per heavy atom. The molecule has 0 spiro atoms. The standard InChI is InChI=1S/C23H27ClN4O5/c1-6-28(12-22(29)26-17-7-13(2)15(24)9-18(17)31-3)11-21-25-16-10-20(33-5)19(32-4)8-14(16)23(30)27-21/h7-10H,6,11-12H2,1-5H3,(H,26,29)(H,25,27,30). The van der Waals surface area contributed by atoms with Crippen LogP contribution in [0.2, 0.25) is 5.02 Å². The minimum atomic E-state index is -0.294. The zero-order chi connectivity index (χ0) is 24.1. The van der Waals surface area contributed by atoms with Crippen molar-refractivity contribution in [1.82, 2.24) is 14.9 Å². The van der Waals surface area contributed by atoms with E-state index in [1.54, 1.807) is 24.3 Å². The molecule has 2 aromatic carbocycles. The average Bonchev–Trinajstić information content (AvgIpc) is 2.79. The van der Waals surface area contributed by atoms with Gasteiger partial charge in [0.25, 0.3) is 5.56 Å². The van der Waals surface area contributed by atoms with Crippen LogP contribution in [0.15, 0.2) is 29.1 Å². The largest absolute Gasteiger partial charge is 0.495 e. The zero-order valence-electron chi connectivity index (χ0n) is 19.2. The summed E-state index contributed by atoms with van der Waals surface area (Å²) in [6.45, 7) is 4.71. The maximum atomic E-state index is 12.7. The van der Waals surface area contributed by atoms with Gasteiger partial charge in [0.2, 0.25) is 5.91 Å². The first-order chi connectivity index (χ1) is 15.8. The number of carbonyl (C=O) groups excluding carboxylic acids is 1.